The maximum Gasteiger partial charge on any atom is 0.334 e. The van der Waals surface area contributed by atoms with Gasteiger partial charge in [0.1, 0.15) is 0 Å². The zero-order chi connectivity index (χ0) is 16.9. The number of allylic oxidation sites excluding steroid dienone is 3. The Morgan fingerprint density at radius 3 is 2.41 bits per heavy atom. The minimum atomic E-state index is -0.963. The SMILES string of the molecule is CC1=CC(c2cccc(Cl)c2Cl)C(C(=O)O)=C(C)N1.CCC. The second kappa shape index (κ2) is 8.25. The summed E-state index contributed by atoms with van der Waals surface area (Å²) >= 11 is 12.2. The first-order chi connectivity index (χ1) is 10.3. The van der Waals surface area contributed by atoms with Crippen LogP contribution in [-0.4, -0.2) is 11.1 Å². The van der Waals surface area contributed by atoms with Crippen LogP contribution in [0.4, 0.5) is 0 Å². The monoisotopic (exact) mass is 341 g/mol. The lowest BCUT2D eigenvalue weighted by Crippen LogP contribution is -2.24. The summed E-state index contributed by atoms with van der Waals surface area (Å²) in [7, 11) is 0. The fourth-order valence-corrected chi connectivity index (χ4v) is 2.70. The summed E-state index contributed by atoms with van der Waals surface area (Å²) in [4.78, 5) is 11.4. The molecule has 0 amide bonds. The summed E-state index contributed by atoms with van der Waals surface area (Å²) < 4.78 is 0. The zero-order valence-electron chi connectivity index (χ0n) is 13.2. The van der Waals surface area contributed by atoms with E-state index in [9.17, 15) is 9.90 Å². The quantitative estimate of drug-likeness (QED) is 0.761. The Bertz CT molecular complexity index is 621. The molecule has 1 aromatic rings. The molecule has 0 aromatic heterocycles. The van der Waals surface area contributed by atoms with E-state index in [1.165, 1.54) is 6.42 Å². The highest BCUT2D eigenvalue weighted by Gasteiger charge is 2.28. The predicted octanol–water partition coefficient (Wildman–Crippen LogP) is 5.36. The summed E-state index contributed by atoms with van der Waals surface area (Å²) in [5.41, 5.74) is 2.50. The van der Waals surface area contributed by atoms with Gasteiger partial charge in [0, 0.05) is 17.3 Å². The Morgan fingerprint density at radius 1 is 1.27 bits per heavy atom. The molecule has 0 saturated carbocycles. The van der Waals surface area contributed by atoms with Crippen LogP contribution >= 0.6 is 23.2 Å². The molecular weight excluding hydrogens is 321 g/mol. The first-order valence-electron chi connectivity index (χ1n) is 7.16. The minimum Gasteiger partial charge on any atom is -0.478 e. The fraction of sp³-hybridized carbons (Fsp3) is 0.353. The van der Waals surface area contributed by atoms with Crippen LogP contribution in [0.15, 0.2) is 41.2 Å². The molecule has 0 saturated heterocycles. The van der Waals surface area contributed by atoms with Crippen molar-refractivity contribution in [3.63, 3.8) is 0 Å². The Morgan fingerprint density at radius 2 is 1.86 bits per heavy atom. The lowest BCUT2D eigenvalue weighted by atomic mass is 9.87. The Kier molecular flexibility index (Phi) is 6.98. The number of hydrogen-bond acceptors (Lipinski definition) is 2. The number of nitrogens with one attached hydrogen (secondary N) is 1. The summed E-state index contributed by atoms with van der Waals surface area (Å²) in [5.74, 6) is -1.36. The van der Waals surface area contributed by atoms with Gasteiger partial charge in [-0.25, -0.2) is 4.79 Å². The smallest absolute Gasteiger partial charge is 0.334 e. The van der Waals surface area contributed by atoms with Gasteiger partial charge in [-0.3, -0.25) is 0 Å². The number of dihydropyridines is 1. The van der Waals surface area contributed by atoms with Crippen LogP contribution in [-0.2, 0) is 4.79 Å². The molecule has 1 heterocycles. The number of carboxylic acids is 1. The van der Waals surface area contributed by atoms with Crippen LogP contribution in [0.25, 0.3) is 0 Å². The third-order valence-electron chi connectivity index (χ3n) is 3.06. The molecule has 1 aliphatic heterocycles. The number of carboxylic acid groups (broad SMARTS) is 1. The molecule has 0 aliphatic carbocycles. The van der Waals surface area contributed by atoms with Gasteiger partial charge in [-0.1, -0.05) is 61.7 Å². The molecular formula is C17H21Cl2NO2. The van der Waals surface area contributed by atoms with E-state index in [1.54, 1.807) is 25.1 Å². The molecule has 120 valence electrons. The highest BCUT2D eigenvalue weighted by molar-refractivity contribution is 6.42. The first-order valence-corrected chi connectivity index (χ1v) is 7.92. The molecule has 1 aromatic carbocycles. The normalized spacial score (nSPS) is 17.2. The average Bonchev–Trinajstić information content (AvgIpc) is 2.41. The minimum absolute atomic E-state index is 0.287. The van der Waals surface area contributed by atoms with Gasteiger partial charge in [0.15, 0.2) is 0 Å². The van der Waals surface area contributed by atoms with Crippen molar-refractivity contribution in [3.8, 4) is 0 Å². The van der Waals surface area contributed by atoms with Crippen molar-refractivity contribution >= 4 is 29.2 Å². The largest absolute Gasteiger partial charge is 0.478 e. The van der Waals surface area contributed by atoms with Gasteiger partial charge in [0.05, 0.1) is 15.6 Å². The molecule has 1 atom stereocenters. The van der Waals surface area contributed by atoms with E-state index in [0.29, 0.717) is 21.3 Å². The summed E-state index contributed by atoms with van der Waals surface area (Å²) in [6.45, 7) is 7.87. The second-order valence-corrected chi connectivity index (χ2v) is 5.93. The Labute approximate surface area is 141 Å². The average molecular weight is 342 g/mol. The lowest BCUT2D eigenvalue weighted by Gasteiger charge is -2.25. The number of aliphatic carboxylic acids is 1. The van der Waals surface area contributed by atoms with Crippen molar-refractivity contribution < 1.29 is 9.90 Å². The van der Waals surface area contributed by atoms with Gasteiger partial charge in [-0.2, -0.15) is 0 Å². The van der Waals surface area contributed by atoms with Crippen molar-refractivity contribution in [2.24, 2.45) is 0 Å². The standard InChI is InChI=1S/C14H13Cl2NO2.C3H8/c1-7-6-10(12(14(18)19)8(2)17-7)9-4-3-5-11(15)13(9)16;1-3-2/h3-6,10,17H,1-2H3,(H,18,19);3H2,1-2H3. The summed E-state index contributed by atoms with van der Waals surface area (Å²) in [6, 6.07) is 5.25. The molecule has 2 N–H and O–H groups in total. The van der Waals surface area contributed by atoms with E-state index in [4.69, 9.17) is 23.2 Å². The predicted molar refractivity (Wildman–Crippen MR) is 92.4 cm³/mol. The molecule has 3 nitrogen and oxygen atoms in total. The van der Waals surface area contributed by atoms with E-state index < -0.39 is 11.9 Å². The van der Waals surface area contributed by atoms with Gasteiger partial charge in [-0.05, 0) is 25.5 Å². The number of halogens is 2. The van der Waals surface area contributed by atoms with E-state index in [1.807, 2.05) is 13.0 Å². The molecule has 2 rings (SSSR count). The van der Waals surface area contributed by atoms with E-state index in [2.05, 4.69) is 19.2 Å². The van der Waals surface area contributed by atoms with Crippen molar-refractivity contribution in [2.45, 2.75) is 40.0 Å². The molecule has 0 bridgehead atoms. The van der Waals surface area contributed by atoms with Crippen molar-refractivity contribution in [3.05, 3.63) is 56.9 Å². The maximum atomic E-state index is 11.4. The molecule has 0 radical (unpaired) electrons. The summed E-state index contributed by atoms with van der Waals surface area (Å²) in [6.07, 6.45) is 3.09. The third-order valence-corrected chi connectivity index (χ3v) is 3.90. The maximum absolute atomic E-state index is 11.4. The van der Waals surface area contributed by atoms with Gasteiger partial charge in [0.2, 0.25) is 0 Å². The number of hydrogen-bond donors (Lipinski definition) is 2. The first kappa shape index (κ1) is 18.6. The van der Waals surface area contributed by atoms with Crippen LogP contribution in [0, 0.1) is 0 Å². The van der Waals surface area contributed by atoms with Gasteiger partial charge in [0.25, 0.3) is 0 Å². The highest BCUT2D eigenvalue weighted by Crippen LogP contribution is 2.38. The number of benzene rings is 1. The van der Waals surface area contributed by atoms with E-state index in [0.717, 1.165) is 5.70 Å². The molecule has 0 spiro atoms. The lowest BCUT2D eigenvalue weighted by molar-refractivity contribution is -0.133. The van der Waals surface area contributed by atoms with Gasteiger partial charge < -0.3 is 10.4 Å². The zero-order valence-corrected chi connectivity index (χ0v) is 14.7. The Hall–Kier alpha value is -1.45. The molecule has 5 heteroatoms. The van der Waals surface area contributed by atoms with Crippen molar-refractivity contribution in [1.82, 2.24) is 5.32 Å². The summed E-state index contributed by atoms with van der Waals surface area (Å²) in [5, 5.41) is 13.2. The van der Waals surface area contributed by atoms with E-state index in [-0.39, 0.29) is 5.57 Å². The topological polar surface area (TPSA) is 49.3 Å². The third kappa shape index (κ3) is 4.28. The fourth-order valence-electron chi connectivity index (χ4n) is 2.27. The van der Waals surface area contributed by atoms with Gasteiger partial charge in [-0.15, -0.1) is 0 Å². The van der Waals surface area contributed by atoms with Crippen LogP contribution in [0.1, 0.15) is 45.6 Å². The van der Waals surface area contributed by atoms with Crippen molar-refractivity contribution in [1.29, 1.82) is 0 Å². The molecule has 1 unspecified atom stereocenters. The molecule has 0 fully saturated rings. The molecule has 1 aliphatic rings. The highest BCUT2D eigenvalue weighted by atomic mass is 35.5. The van der Waals surface area contributed by atoms with Crippen LogP contribution in [0.3, 0.4) is 0 Å². The van der Waals surface area contributed by atoms with Gasteiger partial charge >= 0.3 is 5.97 Å². The van der Waals surface area contributed by atoms with Crippen LogP contribution in [0.2, 0.25) is 10.0 Å². The number of rotatable bonds is 2. The number of carbonyl (C=O) groups is 1. The molecule has 22 heavy (non-hydrogen) atoms. The Balaban J connectivity index is 0.000000745. The van der Waals surface area contributed by atoms with E-state index >= 15 is 0 Å². The second-order valence-electron chi connectivity index (χ2n) is 5.15. The van der Waals surface area contributed by atoms with Crippen LogP contribution < -0.4 is 5.32 Å². The van der Waals surface area contributed by atoms with Crippen molar-refractivity contribution in [2.75, 3.05) is 0 Å². The van der Waals surface area contributed by atoms with Crippen LogP contribution in [0.5, 0.6) is 0 Å².